The van der Waals surface area contributed by atoms with E-state index in [-0.39, 0.29) is 0 Å². The van der Waals surface area contributed by atoms with Crippen LogP contribution in [0.15, 0.2) is 54.9 Å². The third kappa shape index (κ3) is 2.49. The molecule has 0 radical (unpaired) electrons. The number of fused-ring (bicyclic) bond motifs is 1. The highest BCUT2D eigenvalue weighted by molar-refractivity contribution is 14.1. The lowest BCUT2D eigenvalue weighted by Crippen LogP contribution is -1.95. The second-order valence-electron chi connectivity index (χ2n) is 4.26. The summed E-state index contributed by atoms with van der Waals surface area (Å²) in [6.07, 6.45) is 3.59. The molecule has 0 saturated heterocycles. The first-order valence-electron chi connectivity index (χ1n) is 5.89. The Bertz CT molecular complexity index is 740. The van der Waals surface area contributed by atoms with Gasteiger partial charge in [-0.15, -0.1) is 0 Å². The largest absolute Gasteiger partial charge is 0.398 e. The predicted octanol–water partition coefficient (Wildman–Crippen LogP) is 4.17. The summed E-state index contributed by atoms with van der Waals surface area (Å²) < 4.78 is 1.19. The Kier molecular flexibility index (Phi) is 3.25. The molecule has 3 N–H and O–H groups in total. The summed E-state index contributed by atoms with van der Waals surface area (Å²) in [5.41, 5.74) is 8.83. The molecule has 1 heterocycles. The van der Waals surface area contributed by atoms with Gasteiger partial charge in [0.15, 0.2) is 0 Å². The van der Waals surface area contributed by atoms with E-state index in [0.29, 0.717) is 0 Å². The molecule has 0 saturated carbocycles. The number of hydrogen-bond acceptors (Lipinski definition) is 3. The lowest BCUT2D eigenvalue weighted by Gasteiger charge is -2.11. The molecule has 0 aliphatic heterocycles. The maximum atomic E-state index is 5.99. The van der Waals surface area contributed by atoms with Crippen LogP contribution in [0.1, 0.15) is 0 Å². The zero-order chi connectivity index (χ0) is 13.2. The monoisotopic (exact) mass is 361 g/mol. The predicted molar refractivity (Wildman–Crippen MR) is 88.6 cm³/mol. The molecule has 2 aromatic carbocycles. The number of rotatable bonds is 2. The van der Waals surface area contributed by atoms with Crippen LogP contribution < -0.4 is 11.1 Å². The number of halogens is 1. The maximum absolute atomic E-state index is 5.99. The fourth-order valence-electron chi connectivity index (χ4n) is 2.04. The van der Waals surface area contributed by atoms with Crippen molar-refractivity contribution in [2.75, 3.05) is 11.1 Å². The summed E-state index contributed by atoms with van der Waals surface area (Å²) in [5.74, 6) is 0. The smallest absolute Gasteiger partial charge is 0.0481 e. The van der Waals surface area contributed by atoms with Crippen molar-refractivity contribution in [2.45, 2.75) is 0 Å². The number of nitrogens with one attached hydrogen (secondary N) is 1. The van der Waals surface area contributed by atoms with Gasteiger partial charge in [-0.3, -0.25) is 4.98 Å². The van der Waals surface area contributed by atoms with Gasteiger partial charge in [0.2, 0.25) is 0 Å². The van der Waals surface area contributed by atoms with Gasteiger partial charge < -0.3 is 11.1 Å². The van der Waals surface area contributed by atoms with Gasteiger partial charge in [0.05, 0.1) is 0 Å². The van der Waals surface area contributed by atoms with Gasteiger partial charge in [0, 0.05) is 43.8 Å². The molecule has 0 spiro atoms. The second-order valence-corrected chi connectivity index (χ2v) is 5.50. The zero-order valence-corrected chi connectivity index (χ0v) is 12.3. The zero-order valence-electron chi connectivity index (χ0n) is 10.1. The second kappa shape index (κ2) is 5.05. The van der Waals surface area contributed by atoms with Gasteiger partial charge in [-0.05, 0) is 59.0 Å². The first-order chi connectivity index (χ1) is 9.24. The topological polar surface area (TPSA) is 50.9 Å². The van der Waals surface area contributed by atoms with E-state index in [1.165, 1.54) is 3.57 Å². The molecule has 0 aliphatic carbocycles. The molecular formula is C15H12IN3. The van der Waals surface area contributed by atoms with Crippen molar-refractivity contribution in [1.82, 2.24) is 4.98 Å². The van der Waals surface area contributed by atoms with Crippen molar-refractivity contribution < 1.29 is 0 Å². The van der Waals surface area contributed by atoms with E-state index >= 15 is 0 Å². The van der Waals surface area contributed by atoms with Crippen LogP contribution in [-0.4, -0.2) is 4.98 Å². The highest BCUT2D eigenvalue weighted by Crippen LogP contribution is 2.29. The molecule has 0 bridgehead atoms. The van der Waals surface area contributed by atoms with Crippen molar-refractivity contribution in [3.63, 3.8) is 0 Å². The van der Waals surface area contributed by atoms with Gasteiger partial charge >= 0.3 is 0 Å². The molecule has 4 heteroatoms. The van der Waals surface area contributed by atoms with Crippen LogP contribution in [-0.2, 0) is 0 Å². The number of nitrogens with two attached hydrogens (primary N) is 1. The van der Waals surface area contributed by atoms with Crippen LogP contribution in [0.25, 0.3) is 10.8 Å². The van der Waals surface area contributed by atoms with Crippen LogP contribution in [0.2, 0.25) is 0 Å². The summed E-state index contributed by atoms with van der Waals surface area (Å²) in [5, 5.41) is 5.46. The quantitative estimate of drug-likeness (QED) is 0.532. The van der Waals surface area contributed by atoms with Crippen LogP contribution in [0.3, 0.4) is 0 Å². The van der Waals surface area contributed by atoms with Crippen molar-refractivity contribution in [1.29, 1.82) is 0 Å². The lowest BCUT2D eigenvalue weighted by molar-refractivity contribution is 1.36. The first kappa shape index (κ1) is 12.2. The number of hydrogen-bond donors (Lipinski definition) is 2. The summed E-state index contributed by atoms with van der Waals surface area (Å²) in [7, 11) is 0. The molecule has 0 amide bonds. The summed E-state index contributed by atoms with van der Waals surface area (Å²) in [6, 6.07) is 14.1. The minimum atomic E-state index is 0.769. The van der Waals surface area contributed by atoms with Crippen molar-refractivity contribution >= 4 is 50.4 Å². The number of aromatic nitrogens is 1. The van der Waals surface area contributed by atoms with E-state index < -0.39 is 0 Å². The van der Waals surface area contributed by atoms with E-state index in [9.17, 15) is 0 Å². The SMILES string of the molecule is Nc1ccc(Nc2cccc(I)c2)c2cnccc12. The van der Waals surface area contributed by atoms with Gasteiger partial charge in [-0.2, -0.15) is 0 Å². The standard InChI is InChI=1S/C15H12IN3/c16-10-2-1-3-11(8-10)19-15-5-4-14(17)12-6-7-18-9-13(12)15/h1-9,19H,17H2. The Morgan fingerprint density at radius 3 is 2.79 bits per heavy atom. The third-order valence-corrected chi connectivity index (χ3v) is 3.63. The van der Waals surface area contributed by atoms with Crippen LogP contribution in [0.5, 0.6) is 0 Å². The Hall–Kier alpha value is -1.82. The molecule has 0 aliphatic rings. The minimum absolute atomic E-state index is 0.769. The van der Waals surface area contributed by atoms with Crippen LogP contribution >= 0.6 is 22.6 Å². The van der Waals surface area contributed by atoms with E-state index in [4.69, 9.17) is 5.73 Å². The Morgan fingerprint density at radius 1 is 1.05 bits per heavy atom. The Balaban J connectivity index is 2.09. The molecule has 1 aromatic heterocycles. The van der Waals surface area contributed by atoms with Gasteiger partial charge in [0.1, 0.15) is 0 Å². The number of anilines is 3. The Labute approximate surface area is 125 Å². The number of pyridine rings is 1. The molecule has 3 aromatic rings. The highest BCUT2D eigenvalue weighted by atomic mass is 127. The highest BCUT2D eigenvalue weighted by Gasteiger charge is 2.04. The Morgan fingerprint density at radius 2 is 1.95 bits per heavy atom. The van der Waals surface area contributed by atoms with Gasteiger partial charge in [0.25, 0.3) is 0 Å². The average Bonchev–Trinajstić information content (AvgIpc) is 2.42. The molecule has 3 rings (SSSR count). The molecule has 0 unspecified atom stereocenters. The number of nitrogens with zero attached hydrogens (tertiary/aromatic N) is 1. The minimum Gasteiger partial charge on any atom is -0.398 e. The summed E-state index contributed by atoms with van der Waals surface area (Å²) in [4.78, 5) is 4.18. The summed E-state index contributed by atoms with van der Waals surface area (Å²) in [6.45, 7) is 0. The molecule has 0 atom stereocenters. The number of nitrogen functional groups attached to an aromatic ring is 1. The molecule has 0 fully saturated rings. The molecule has 3 nitrogen and oxygen atoms in total. The van der Waals surface area contributed by atoms with E-state index in [0.717, 1.165) is 27.8 Å². The van der Waals surface area contributed by atoms with Crippen molar-refractivity contribution in [2.24, 2.45) is 0 Å². The van der Waals surface area contributed by atoms with Crippen LogP contribution in [0, 0.1) is 3.57 Å². The van der Waals surface area contributed by atoms with E-state index in [1.807, 2.05) is 36.5 Å². The maximum Gasteiger partial charge on any atom is 0.0481 e. The van der Waals surface area contributed by atoms with Gasteiger partial charge in [-0.25, -0.2) is 0 Å². The molecule has 94 valence electrons. The van der Waals surface area contributed by atoms with Crippen LogP contribution in [0.4, 0.5) is 17.1 Å². The third-order valence-electron chi connectivity index (χ3n) is 2.96. The average molecular weight is 361 g/mol. The molecular weight excluding hydrogens is 349 g/mol. The fraction of sp³-hybridized carbons (Fsp3) is 0. The molecule has 19 heavy (non-hydrogen) atoms. The normalized spacial score (nSPS) is 10.6. The first-order valence-corrected chi connectivity index (χ1v) is 6.97. The fourth-order valence-corrected chi connectivity index (χ4v) is 2.59. The van der Waals surface area contributed by atoms with E-state index in [1.54, 1.807) is 6.20 Å². The van der Waals surface area contributed by atoms with Crippen molar-refractivity contribution in [3.8, 4) is 0 Å². The number of benzene rings is 2. The van der Waals surface area contributed by atoms with E-state index in [2.05, 4.69) is 45.0 Å². The summed E-state index contributed by atoms with van der Waals surface area (Å²) >= 11 is 2.30. The van der Waals surface area contributed by atoms with Gasteiger partial charge in [-0.1, -0.05) is 6.07 Å². The lowest BCUT2D eigenvalue weighted by atomic mass is 10.1. The van der Waals surface area contributed by atoms with Crippen molar-refractivity contribution in [3.05, 3.63) is 58.4 Å².